The second-order valence-electron chi connectivity index (χ2n) is 5.39. The Morgan fingerprint density at radius 1 is 1.24 bits per heavy atom. The Hall–Kier alpha value is -3.02. The minimum atomic E-state index is -0.403. The molecule has 1 unspecified atom stereocenters. The van der Waals surface area contributed by atoms with Gasteiger partial charge in [0.05, 0.1) is 12.8 Å². The first-order valence-corrected chi connectivity index (χ1v) is 8.23. The average molecular weight is 341 g/mol. The molecule has 0 aliphatic carbocycles. The first-order valence-electron chi connectivity index (χ1n) is 8.23. The maximum absolute atomic E-state index is 12.2. The molecular weight excluding hydrogens is 318 g/mol. The lowest BCUT2D eigenvalue weighted by molar-refractivity contribution is -0.121. The van der Waals surface area contributed by atoms with Gasteiger partial charge in [-0.25, -0.2) is 5.43 Å². The van der Waals surface area contributed by atoms with Crippen molar-refractivity contribution >= 4 is 17.8 Å². The third-order valence-corrected chi connectivity index (χ3v) is 3.49. The van der Waals surface area contributed by atoms with Crippen LogP contribution in [0.4, 0.5) is 5.69 Å². The lowest BCUT2D eigenvalue weighted by Crippen LogP contribution is -2.36. The number of phenolic OH excluding ortho intramolecular Hbond substituents is 1. The van der Waals surface area contributed by atoms with Crippen molar-refractivity contribution in [2.45, 2.75) is 26.3 Å². The molecule has 0 fully saturated rings. The quantitative estimate of drug-likeness (QED) is 0.509. The molecule has 0 saturated carbocycles. The second-order valence-corrected chi connectivity index (χ2v) is 5.39. The molecule has 0 bridgehead atoms. The van der Waals surface area contributed by atoms with Crippen LogP contribution in [0.2, 0.25) is 0 Å². The molecule has 0 heterocycles. The van der Waals surface area contributed by atoms with Gasteiger partial charge in [0, 0.05) is 5.69 Å². The SMILES string of the molecule is CCOc1ccc(NC(CC)C(=O)N/N=C/c2cccc(O)c2)cc1. The highest BCUT2D eigenvalue weighted by atomic mass is 16.5. The summed E-state index contributed by atoms with van der Waals surface area (Å²) in [6.07, 6.45) is 2.10. The van der Waals surface area contributed by atoms with E-state index in [9.17, 15) is 9.90 Å². The van der Waals surface area contributed by atoms with E-state index in [1.165, 1.54) is 6.21 Å². The van der Waals surface area contributed by atoms with Gasteiger partial charge >= 0.3 is 0 Å². The fraction of sp³-hybridized carbons (Fsp3) is 0.263. The predicted molar refractivity (Wildman–Crippen MR) is 99.2 cm³/mol. The lowest BCUT2D eigenvalue weighted by atomic mass is 10.2. The Balaban J connectivity index is 1.91. The molecule has 2 aromatic carbocycles. The Morgan fingerprint density at radius 2 is 2.00 bits per heavy atom. The normalized spacial score (nSPS) is 11.9. The fourth-order valence-corrected chi connectivity index (χ4v) is 2.22. The molecule has 0 spiro atoms. The molecule has 0 aliphatic rings. The average Bonchev–Trinajstić information content (AvgIpc) is 2.61. The number of nitrogens with one attached hydrogen (secondary N) is 2. The van der Waals surface area contributed by atoms with Gasteiger partial charge in [-0.1, -0.05) is 19.1 Å². The Labute approximate surface area is 147 Å². The highest BCUT2D eigenvalue weighted by Crippen LogP contribution is 2.17. The highest BCUT2D eigenvalue weighted by molar-refractivity contribution is 5.86. The van der Waals surface area contributed by atoms with E-state index in [0.717, 1.165) is 11.4 Å². The fourth-order valence-electron chi connectivity index (χ4n) is 2.22. The third kappa shape index (κ3) is 5.84. The predicted octanol–water partition coefficient (Wildman–Crippen LogP) is 3.13. The molecule has 0 aromatic heterocycles. The number of carbonyl (C=O) groups is 1. The zero-order valence-corrected chi connectivity index (χ0v) is 14.4. The first kappa shape index (κ1) is 18.3. The molecule has 0 aliphatic heterocycles. The molecule has 6 nitrogen and oxygen atoms in total. The molecule has 1 atom stereocenters. The number of anilines is 1. The molecule has 6 heteroatoms. The summed E-state index contributed by atoms with van der Waals surface area (Å²) in [7, 11) is 0. The third-order valence-electron chi connectivity index (χ3n) is 3.49. The molecule has 25 heavy (non-hydrogen) atoms. The summed E-state index contributed by atoms with van der Waals surface area (Å²) in [4.78, 5) is 12.2. The molecule has 0 saturated heterocycles. The second kappa shape index (κ2) is 9.32. The van der Waals surface area contributed by atoms with Crippen LogP contribution in [0.15, 0.2) is 53.6 Å². The highest BCUT2D eigenvalue weighted by Gasteiger charge is 2.15. The number of carbonyl (C=O) groups excluding carboxylic acids is 1. The van der Waals surface area contributed by atoms with Crippen molar-refractivity contribution < 1.29 is 14.6 Å². The number of hydrogen-bond acceptors (Lipinski definition) is 5. The van der Waals surface area contributed by atoms with Gasteiger partial charge in [-0.3, -0.25) is 4.79 Å². The standard InChI is InChI=1S/C19H23N3O3/c1-3-18(21-15-8-10-17(11-9-15)25-4-2)19(24)22-20-13-14-6-5-7-16(23)12-14/h5-13,18,21,23H,3-4H2,1-2H3,(H,22,24)/b20-13+. The molecule has 0 radical (unpaired) electrons. The van der Waals surface area contributed by atoms with E-state index >= 15 is 0 Å². The number of aromatic hydroxyl groups is 1. The van der Waals surface area contributed by atoms with E-state index in [0.29, 0.717) is 18.6 Å². The van der Waals surface area contributed by atoms with Gasteiger partial charge in [-0.05, 0) is 55.3 Å². The zero-order chi connectivity index (χ0) is 18.1. The summed E-state index contributed by atoms with van der Waals surface area (Å²) in [5.74, 6) is 0.716. The zero-order valence-electron chi connectivity index (χ0n) is 14.4. The molecule has 2 aromatic rings. The molecule has 2 rings (SSSR count). The maximum Gasteiger partial charge on any atom is 0.262 e. The van der Waals surface area contributed by atoms with E-state index in [-0.39, 0.29) is 11.7 Å². The van der Waals surface area contributed by atoms with Gasteiger partial charge in [0.1, 0.15) is 17.5 Å². The van der Waals surface area contributed by atoms with Gasteiger partial charge in [0.2, 0.25) is 0 Å². The summed E-state index contributed by atoms with van der Waals surface area (Å²) in [5, 5.41) is 16.5. The van der Waals surface area contributed by atoms with Gasteiger partial charge in [-0.2, -0.15) is 5.10 Å². The Bertz CT molecular complexity index is 714. The number of phenols is 1. The molecule has 132 valence electrons. The van der Waals surface area contributed by atoms with Crippen LogP contribution in [-0.4, -0.2) is 29.9 Å². The van der Waals surface area contributed by atoms with Crippen molar-refractivity contribution in [2.75, 3.05) is 11.9 Å². The van der Waals surface area contributed by atoms with Gasteiger partial charge in [0.25, 0.3) is 5.91 Å². The van der Waals surface area contributed by atoms with Crippen LogP contribution in [0.25, 0.3) is 0 Å². The van der Waals surface area contributed by atoms with Crippen LogP contribution in [0, 0.1) is 0 Å². The van der Waals surface area contributed by atoms with Gasteiger partial charge < -0.3 is 15.2 Å². The van der Waals surface area contributed by atoms with Crippen molar-refractivity contribution in [3.63, 3.8) is 0 Å². The Kier molecular flexibility index (Phi) is 6.83. The van der Waals surface area contributed by atoms with E-state index in [1.807, 2.05) is 38.1 Å². The number of ether oxygens (including phenoxy) is 1. The maximum atomic E-state index is 12.2. The minimum Gasteiger partial charge on any atom is -0.508 e. The summed E-state index contributed by atoms with van der Waals surface area (Å²) >= 11 is 0. The number of hydrogen-bond donors (Lipinski definition) is 3. The number of nitrogens with zero attached hydrogens (tertiary/aromatic N) is 1. The minimum absolute atomic E-state index is 0.152. The smallest absolute Gasteiger partial charge is 0.262 e. The van der Waals surface area contributed by atoms with E-state index < -0.39 is 6.04 Å². The molecule has 3 N–H and O–H groups in total. The van der Waals surface area contributed by atoms with Crippen LogP contribution in [0.1, 0.15) is 25.8 Å². The van der Waals surface area contributed by atoms with Crippen molar-refractivity contribution in [3.05, 3.63) is 54.1 Å². The van der Waals surface area contributed by atoms with Crippen LogP contribution in [0.5, 0.6) is 11.5 Å². The van der Waals surface area contributed by atoms with Gasteiger partial charge in [0.15, 0.2) is 0 Å². The largest absolute Gasteiger partial charge is 0.508 e. The summed E-state index contributed by atoms with van der Waals surface area (Å²) in [5.41, 5.74) is 4.05. The van der Waals surface area contributed by atoms with E-state index in [4.69, 9.17) is 4.74 Å². The summed E-state index contributed by atoms with van der Waals surface area (Å²) < 4.78 is 5.40. The monoisotopic (exact) mass is 341 g/mol. The molecule has 1 amide bonds. The lowest BCUT2D eigenvalue weighted by Gasteiger charge is -2.16. The van der Waals surface area contributed by atoms with Crippen molar-refractivity contribution in [3.8, 4) is 11.5 Å². The van der Waals surface area contributed by atoms with Crippen molar-refractivity contribution in [1.29, 1.82) is 0 Å². The van der Waals surface area contributed by atoms with Crippen LogP contribution in [0.3, 0.4) is 0 Å². The number of hydrazone groups is 1. The Morgan fingerprint density at radius 3 is 2.64 bits per heavy atom. The summed E-state index contributed by atoms with van der Waals surface area (Å²) in [6, 6.07) is 13.7. The number of amides is 1. The number of rotatable bonds is 8. The number of benzene rings is 2. The van der Waals surface area contributed by atoms with E-state index in [2.05, 4.69) is 15.8 Å². The summed E-state index contributed by atoms with van der Waals surface area (Å²) in [6.45, 7) is 4.47. The van der Waals surface area contributed by atoms with Crippen LogP contribution < -0.4 is 15.5 Å². The van der Waals surface area contributed by atoms with E-state index in [1.54, 1.807) is 24.3 Å². The van der Waals surface area contributed by atoms with Crippen LogP contribution >= 0.6 is 0 Å². The van der Waals surface area contributed by atoms with Crippen molar-refractivity contribution in [1.82, 2.24) is 5.43 Å². The first-order chi connectivity index (χ1) is 12.1. The molecular formula is C19H23N3O3. The van der Waals surface area contributed by atoms with Crippen molar-refractivity contribution in [2.24, 2.45) is 5.10 Å². The van der Waals surface area contributed by atoms with Gasteiger partial charge in [-0.15, -0.1) is 0 Å². The topological polar surface area (TPSA) is 83.0 Å². The van der Waals surface area contributed by atoms with Crippen LogP contribution in [-0.2, 0) is 4.79 Å².